The Morgan fingerprint density at radius 1 is 1.36 bits per heavy atom. The van der Waals surface area contributed by atoms with E-state index in [-0.39, 0.29) is 11.2 Å². The Bertz CT molecular complexity index is 292. The Morgan fingerprint density at radius 2 is 2.00 bits per heavy atom. The first kappa shape index (κ1) is 11.7. The highest BCUT2D eigenvalue weighted by molar-refractivity contribution is 9.09. The van der Waals surface area contributed by atoms with Crippen LogP contribution in [0.3, 0.4) is 0 Å². The highest BCUT2D eigenvalue weighted by Crippen LogP contribution is 2.29. The van der Waals surface area contributed by atoms with E-state index in [2.05, 4.69) is 29.8 Å². The molecular weight excluding hydrogens is 243 g/mol. The zero-order valence-electron chi connectivity index (χ0n) is 8.69. The van der Waals surface area contributed by atoms with E-state index in [1.807, 2.05) is 12.1 Å². The van der Waals surface area contributed by atoms with Gasteiger partial charge in [-0.25, -0.2) is 4.39 Å². The van der Waals surface area contributed by atoms with E-state index in [4.69, 9.17) is 0 Å². The second-order valence-corrected chi connectivity index (χ2v) is 4.63. The summed E-state index contributed by atoms with van der Waals surface area (Å²) >= 11 is 3.49. The maximum absolute atomic E-state index is 13.4. The molecule has 0 spiro atoms. The van der Waals surface area contributed by atoms with Crippen LogP contribution in [0.2, 0.25) is 0 Å². The van der Waals surface area contributed by atoms with Gasteiger partial charge in [-0.3, -0.25) is 0 Å². The number of rotatable bonds is 4. The molecule has 1 aromatic rings. The van der Waals surface area contributed by atoms with Crippen LogP contribution >= 0.6 is 15.9 Å². The third kappa shape index (κ3) is 2.81. The van der Waals surface area contributed by atoms with Gasteiger partial charge >= 0.3 is 0 Å². The fraction of sp³-hybridized carbons (Fsp3) is 0.500. The third-order valence-corrected chi connectivity index (χ3v) is 4.10. The zero-order chi connectivity index (χ0) is 10.6. The van der Waals surface area contributed by atoms with E-state index < -0.39 is 0 Å². The summed E-state index contributed by atoms with van der Waals surface area (Å²) in [5.41, 5.74) is 0.971. The summed E-state index contributed by atoms with van der Waals surface area (Å²) in [4.78, 5) is 0. The molecule has 1 aromatic carbocycles. The van der Waals surface area contributed by atoms with Gasteiger partial charge in [-0.15, -0.1) is 0 Å². The molecule has 14 heavy (non-hydrogen) atoms. The number of halogens is 2. The van der Waals surface area contributed by atoms with Crippen molar-refractivity contribution < 1.29 is 4.39 Å². The van der Waals surface area contributed by atoms with Crippen molar-refractivity contribution in [3.8, 4) is 0 Å². The van der Waals surface area contributed by atoms with Gasteiger partial charge in [-0.1, -0.05) is 48.0 Å². The van der Waals surface area contributed by atoms with Gasteiger partial charge in [0.05, 0.1) is 0 Å². The van der Waals surface area contributed by atoms with Gasteiger partial charge < -0.3 is 0 Å². The van der Waals surface area contributed by atoms with E-state index in [1.54, 1.807) is 6.07 Å². The molecule has 0 amide bonds. The molecule has 0 saturated carbocycles. The van der Waals surface area contributed by atoms with Crippen LogP contribution in [0.15, 0.2) is 24.3 Å². The minimum atomic E-state index is -0.0897. The van der Waals surface area contributed by atoms with Gasteiger partial charge in [0.25, 0.3) is 0 Å². The number of benzene rings is 1. The molecule has 0 aliphatic rings. The average Bonchev–Trinajstić information content (AvgIpc) is 2.21. The van der Waals surface area contributed by atoms with Gasteiger partial charge in [-0.2, -0.15) is 0 Å². The second-order valence-electron chi connectivity index (χ2n) is 4.07. The Kier molecular flexibility index (Phi) is 4.11. The predicted molar refractivity (Wildman–Crippen MR) is 62.3 cm³/mol. The minimum absolute atomic E-state index is 0.0897. The summed E-state index contributed by atoms with van der Waals surface area (Å²) in [7, 11) is 0. The Hall–Kier alpha value is -0.370. The van der Waals surface area contributed by atoms with Crippen LogP contribution in [0.25, 0.3) is 0 Å². The summed E-state index contributed by atoms with van der Waals surface area (Å²) in [5, 5.41) is 0.908. The molecular formula is C12H16BrF. The summed E-state index contributed by atoms with van der Waals surface area (Å²) in [6, 6.07) is 7.02. The standard InChI is InChI=1S/C12H16BrF/c1-3-12(2,9-13)8-10-6-4-5-7-11(10)14/h4-7H,3,8-9H2,1-2H3. The van der Waals surface area contributed by atoms with Crippen molar-refractivity contribution in [1.29, 1.82) is 0 Å². The quantitative estimate of drug-likeness (QED) is 0.711. The first-order chi connectivity index (χ1) is 6.61. The van der Waals surface area contributed by atoms with Crippen LogP contribution < -0.4 is 0 Å². The Labute approximate surface area is 93.7 Å². The fourth-order valence-electron chi connectivity index (χ4n) is 1.37. The van der Waals surface area contributed by atoms with Gasteiger partial charge in [0.1, 0.15) is 5.82 Å². The second kappa shape index (κ2) is 4.92. The lowest BCUT2D eigenvalue weighted by Crippen LogP contribution is -2.20. The van der Waals surface area contributed by atoms with E-state index in [0.29, 0.717) is 0 Å². The highest BCUT2D eigenvalue weighted by atomic mass is 79.9. The van der Waals surface area contributed by atoms with E-state index in [1.165, 1.54) is 6.07 Å². The highest BCUT2D eigenvalue weighted by Gasteiger charge is 2.22. The maximum Gasteiger partial charge on any atom is 0.126 e. The molecule has 0 aliphatic carbocycles. The number of alkyl halides is 1. The molecule has 0 saturated heterocycles. The largest absolute Gasteiger partial charge is 0.207 e. The van der Waals surface area contributed by atoms with Crippen LogP contribution in [0.1, 0.15) is 25.8 Å². The molecule has 0 bridgehead atoms. The molecule has 0 aliphatic heterocycles. The Morgan fingerprint density at radius 3 is 2.50 bits per heavy atom. The number of hydrogen-bond donors (Lipinski definition) is 0. The lowest BCUT2D eigenvalue weighted by molar-refractivity contribution is 0.355. The normalized spacial score (nSPS) is 15.1. The van der Waals surface area contributed by atoms with Crippen molar-refractivity contribution in [3.63, 3.8) is 0 Å². The molecule has 1 rings (SSSR count). The van der Waals surface area contributed by atoms with Crippen LogP contribution in [0.4, 0.5) is 4.39 Å². The van der Waals surface area contributed by atoms with E-state index in [0.717, 1.165) is 23.7 Å². The van der Waals surface area contributed by atoms with Crippen LogP contribution in [0, 0.1) is 11.2 Å². The average molecular weight is 259 g/mol. The lowest BCUT2D eigenvalue weighted by atomic mass is 9.83. The molecule has 0 N–H and O–H groups in total. The maximum atomic E-state index is 13.4. The summed E-state index contributed by atoms with van der Waals surface area (Å²) in [5.74, 6) is -0.0897. The van der Waals surface area contributed by atoms with Crippen molar-refractivity contribution in [2.45, 2.75) is 26.7 Å². The van der Waals surface area contributed by atoms with E-state index >= 15 is 0 Å². The van der Waals surface area contributed by atoms with E-state index in [9.17, 15) is 4.39 Å². The van der Waals surface area contributed by atoms with Crippen molar-refractivity contribution in [2.24, 2.45) is 5.41 Å². The van der Waals surface area contributed by atoms with Crippen LogP contribution in [0.5, 0.6) is 0 Å². The molecule has 0 nitrogen and oxygen atoms in total. The molecule has 1 unspecified atom stereocenters. The SMILES string of the molecule is CCC(C)(CBr)Cc1ccccc1F. The van der Waals surface area contributed by atoms with Crippen molar-refractivity contribution in [1.82, 2.24) is 0 Å². The molecule has 0 fully saturated rings. The summed E-state index contributed by atoms with van der Waals surface area (Å²) in [6.07, 6.45) is 1.84. The smallest absolute Gasteiger partial charge is 0.126 e. The van der Waals surface area contributed by atoms with Crippen molar-refractivity contribution >= 4 is 15.9 Å². The minimum Gasteiger partial charge on any atom is -0.207 e. The zero-order valence-corrected chi connectivity index (χ0v) is 10.3. The van der Waals surface area contributed by atoms with Gasteiger partial charge in [0.15, 0.2) is 0 Å². The summed E-state index contributed by atoms with van der Waals surface area (Å²) in [6.45, 7) is 4.32. The summed E-state index contributed by atoms with van der Waals surface area (Å²) < 4.78 is 13.4. The van der Waals surface area contributed by atoms with Gasteiger partial charge in [0, 0.05) is 5.33 Å². The predicted octanol–water partition coefficient (Wildman–Crippen LogP) is 4.18. The van der Waals surface area contributed by atoms with Crippen molar-refractivity contribution in [2.75, 3.05) is 5.33 Å². The first-order valence-corrected chi connectivity index (χ1v) is 6.03. The molecule has 0 radical (unpaired) electrons. The molecule has 2 heteroatoms. The van der Waals surface area contributed by atoms with Crippen molar-refractivity contribution in [3.05, 3.63) is 35.6 Å². The molecule has 1 atom stereocenters. The first-order valence-electron chi connectivity index (χ1n) is 4.90. The fourth-order valence-corrected chi connectivity index (χ4v) is 1.96. The van der Waals surface area contributed by atoms with Crippen LogP contribution in [-0.2, 0) is 6.42 Å². The number of hydrogen-bond acceptors (Lipinski definition) is 0. The third-order valence-electron chi connectivity index (χ3n) is 2.75. The molecule has 0 aromatic heterocycles. The van der Waals surface area contributed by atoms with Gasteiger partial charge in [-0.05, 0) is 29.9 Å². The van der Waals surface area contributed by atoms with Gasteiger partial charge in [0.2, 0.25) is 0 Å². The van der Waals surface area contributed by atoms with Crippen LogP contribution in [-0.4, -0.2) is 5.33 Å². The molecule has 78 valence electrons. The topological polar surface area (TPSA) is 0 Å². The molecule has 0 heterocycles. The lowest BCUT2D eigenvalue weighted by Gasteiger charge is -2.25. The Balaban J connectivity index is 2.82. The monoisotopic (exact) mass is 258 g/mol.